The van der Waals surface area contributed by atoms with Gasteiger partial charge in [-0.15, -0.1) is 0 Å². The summed E-state index contributed by atoms with van der Waals surface area (Å²) in [7, 11) is 1.47. The highest BCUT2D eigenvalue weighted by molar-refractivity contribution is 5.98. The molecule has 0 aliphatic heterocycles. The third kappa shape index (κ3) is 4.04. The van der Waals surface area contributed by atoms with Gasteiger partial charge in [-0.05, 0) is 44.2 Å². The van der Waals surface area contributed by atoms with Gasteiger partial charge >= 0.3 is 5.97 Å². The minimum absolute atomic E-state index is 0.0923. The number of carboxylic acid groups (broad SMARTS) is 1. The molecule has 3 aromatic rings. The van der Waals surface area contributed by atoms with Crippen LogP contribution < -0.4 is 5.32 Å². The second kappa shape index (κ2) is 7.82. The molecule has 2 aromatic carbocycles. The molecule has 1 unspecified atom stereocenters. The van der Waals surface area contributed by atoms with Crippen molar-refractivity contribution in [3.05, 3.63) is 59.9 Å². The number of para-hydroxylation sites is 1. The fourth-order valence-electron chi connectivity index (χ4n) is 3.37. The Morgan fingerprint density at radius 1 is 1.21 bits per heavy atom. The van der Waals surface area contributed by atoms with Crippen molar-refractivity contribution in [2.45, 2.75) is 25.8 Å². The Bertz CT molecular complexity index is 1010. The van der Waals surface area contributed by atoms with Crippen molar-refractivity contribution >= 4 is 22.9 Å². The molecule has 1 atom stereocenters. The normalized spacial score (nSPS) is 13.2. The first-order valence-electron chi connectivity index (χ1n) is 8.91. The van der Waals surface area contributed by atoms with Crippen LogP contribution in [0.5, 0.6) is 0 Å². The maximum atomic E-state index is 12.7. The summed E-state index contributed by atoms with van der Waals surface area (Å²) in [4.78, 5) is 28.4. The van der Waals surface area contributed by atoms with Gasteiger partial charge in [0.25, 0.3) is 5.91 Å². The molecule has 7 nitrogen and oxygen atoms in total. The largest absolute Gasteiger partial charge is 0.481 e. The van der Waals surface area contributed by atoms with Crippen LogP contribution in [-0.2, 0) is 9.53 Å². The van der Waals surface area contributed by atoms with Gasteiger partial charge in [-0.25, -0.2) is 4.98 Å². The van der Waals surface area contributed by atoms with Crippen molar-refractivity contribution in [3.8, 4) is 5.69 Å². The Hall–Kier alpha value is -3.19. The summed E-state index contributed by atoms with van der Waals surface area (Å²) in [6, 6.07) is 15.1. The molecule has 0 radical (unpaired) electrons. The fraction of sp³-hybridized carbons (Fsp3) is 0.286. The average molecular weight is 381 g/mol. The van der Waals surface area contributed by atoms with Gasteiger partial charge < -0.3 is 15.2 Å². The Morgan fingerprint density at radius 2 is 1.93 bits per heavy atom. The number of nitrogens with one attached hydrogen (secondary N) is 1. The number of aryl methyl sites for hydroxylation is 1. The number of imidazole rings is 1. The van der Waals surface area contributed by atoms with Crippen molar-refractivity contribution in [2.75, 3.05) is 13.7 Å². The summed E-state index contributed by atoms with van der Waals surface area (Å²) < 4.78 is 7.11. The summed E-state index contributed by atoms with van der Waals surface area (Å²) in [5.41, 5.74) is 1.99. The molecule has 0 bridgehead atoms. The molecule has 28 heavy (non-hydrogen) atoms. The highest BCUT2D eigenvalue weighted by atomic mass is 16.5. The minimum Gasteiger partial charge on any atom is -0.481 e. The summed E-state index contributed by atoms with van der Waals surface area (Å²) in [6.45, 7) is 3.65. The lowest BCUT2D eigenvalue weighted by Crippen LogP contribution is -2.50. The molecule has 0 aliphatic carbocycles. The summed E-state index contributed by atoms with van der Waals surface area (Å²) in [6.07, 6.45) is -0.240. The molecule has 146 valence electrons. The van der Waals surface area contributed by atoms with Crippen molar-refractivity contribution in [3.63, 3.8) is 0 Å². The Morgan fingerprint density at radius 3 is 2.57 bits per heavy atom. The van der Waals surface area contributed by atoms with Crippen LogP contribution in [0.4, 0.5) is 0 Å². The van der Waals surface area contributed by atoms with Gasteiger partial charge in [0.05, 0.1) is 29.6 Å². The van der Waals surface area contributed by atoms with E-state index < -0.39 is 11.5 Å². The van der Waals surface area contributed by atoms with E-state index in [4.69, 9.17) is 9.84 Å². The summed E-state index contributed by atoms with van der Waals surface area (Å²) in [5, 5.41) is 11.9. The molecule has 1 aromatic heterocycles. The quantitative estimate of drug-likeness (QED) is 0.656. The van der Waals surface area contributed by atoms with Crippen molar-refractivity contribution in [2.24, 2.45) is 0 Å². The molecule has 0 aliphatic rings. The van der Waals surface area contributed by atoms with E-state index in [2.05, 4.69) is 10.3 Å². The van der Waals surface area contributed by atoms with Gasteiger partial charge in [0.1, 0.15) is 5.82 Å². The molecule has 2 N–H and O–H groups in total. The average Bonchev–Trinajstić information content (AvgIpc) is 2.96. The van der Waals surface area contributed by atoms with E-state index in [1.807, 2.05) is 47.9 Å². The molecule has 0 fully saturated rings. The van der Waals surface area contributed by atoms with Crippen LogP contribution in [0.15, 0.2) is 48.5 Å². The highest BCUT2D eigenvalue weighted by Gasteiger charge is 2.30. The standard InChI is InChI=1S/C21H23N3O4/c1-14-22-17-11-15(20(27)23-21(2,13-28-3)12-19(25)26)9-10-18(17)24(14)16-7-5-4-6-8-16/h4-11H,12-13H2,1-3H3,(H,23,27)(H,25,26). The number of benzene rings is 2. The maximum Gasteiger partial charge on any atom is 0.305 e. The maximum absolute atomic E-state index is 12.7. The number of methoxy groups -OCH3 is 1. The molecule has 7 heteroatoms. The summed E-state index contributed by atoms with van der Waals surface area (Å²) >= 11 is 0. The van der Waals surface area contributed by atoms with E-state index in [0.29, 0.717) is 11.1 Å². The van der Waals surface area contributed by atoms with Crippen LogP contribution in [0.3, 0.4) is 0 Å². The fourth-order valence-corrected chi connectivity index (χ4v) is 3.37. The number of rotatable bonds is 7. The lowest BCUT2D eigenvalue weighted by molar-refractivity contribution is -0.139. The lowest BCUT2D eigenvalue weighted by atomic mass is 9.98. The van der Waals surface area contributed by atoms with Crippen LogP contribution in [-0.4, -0.2) is 45.8 Å². The number of aromatic nitrogens is 2. The minimum atomic E-state index is -1.01. The number of fused-ring (bicyclic) bond motifs is 1. The number of aliphatic carboxylic acids is 1. The van der Waals surface area contributed by atoms with Gasteiger partial charge in [0.2, 0.25) is 0 Å². The van der Waals surface area contributed by atoms with Crippen molar-refractivity contribution in [1.82, 2.24) is 14.9 Å². The molecule has 1 heterocycles. The van der Waals surface area contributed by atoms with E-state index >= 15 is 0 Å². The number of ether oxygens (including phenoxy) is 1. The van der Waals surface area contributed by atoms with Gasteiger partial charge in [0.15, 0.2) is 0 Å². The van der Waals surface area contributed by atoms with Crippen LogP contribution in [0.2, 0.25) is 0 Å². The molecule has 3 rings (SSSR count). The highest BCUT2D eigenvalue weighted by Crippen LogP contribution is 2.23. The second-order valence-electron chi connectivity index (χ2n) is 7.05. The van der Waals surface area contributed by atoms with Crippen LogP contribution >= 0.6 is 0 Å². The Labute approximate surface area is 163 Å². The van der Waals surface area contributed by atoms with Crippen molar-refractivity contribution in [1.29, 1.82) is 0 Å². The van der Waals surface area contributed by atoms with Gasteiger partial charge in [0, 0.05) is 18.4 Å². The van der Waals surface area contributed by atoms with E-state index in [-0.39, 0.29) is 18.9 Å². The zero-order valence-electron chi connectivity index (χ0n) is 16.1. The number of carboxylic acids is 1. The lowest BCUT2D eigenvalue weighted by Gasteiger charge is -2.28. The molecule has 0 saturated carbocycles. The molecular formula is C21H23N3O4. The SMILES string of the molecule is COCC(C)(CC(=O)O)NC(=O)c1ccc2c(c1)nc(C)n2-c1ccccc1. The first-order valence-corrected chi connectivity index (χ1v) is 8.91. The number of carbonyl (C=O) groups is 2. The van der Waals surface area contributed by atoms with Gasteiger partial charge in [-0.3, -0.25) is 14.2 Å². The predicted octanol–water partition coefficient (Wildman–Crippen LogP) is 2.94. The number of nitrogens with zero attached hydrogens (tertiary/aromatic N) is 2. The number of hydrogen-bond acceptors (Lipinski definition) is 4. The third-order valence-corrected chi connectivity index (χ3v) is 4.52. The topological polar surface area (TPSA) is 93.4 Å². The smallest absolute Gasteiger partial charge is 0.305 e. The predicted molar refractivity (Wildman–Crippen MR) is 106 cm³/mol. The van der Waals surface area contributed by atoms with Crippen molar-refractivity contribution < 1.29 is 19.4 Å². The third-order valence-electron chi connectivity index (χ3n) is 4.52. The van der Waals surface area contributed by atoms with Gasteiger partial charge in [-0.2, -0.15) is 0 Å². The van der Waals surface area contributed by atoms with Crippen LogP contribution in [0.1, 0.15) is 29.5 Å². The van der Waals surface area contributed by atoms with E-state index in [1.165, 1.54) is 7.11 Å². The molecule has 0 spiro atoms. The van der Waals surface area contributed by atoms with E-state index in [0.717, 1.165) is 17.0 Å². The van der Waals surface area contributed by atoms with E-state index in [1.54, 1.807) is 19.1 Å². The number of amides is 1. The number of carbonyl (C=O) groups excluding carboxylic acids is 1. The molecular weight excluding hydrogens is 358 g/mol. The van der Waals surface area contributed by atoms with Gasteiger partial charge in [-0.1, -0.05) is 18.2 Å². The van der Waals surface area contributed by atoms with Crippen LogP contribution in [0.25, 0.3) is 16.7 Å². The monoisotopic (exact) mass is 381 g/mol. The molecule has 1 amide bonds. The number of hydrogen-bond donors (Lipinski definition) is 2. The van der Waals surface area contributed by atoms with E-state index in [9.17, 15) is 9.59 Å². The Balaban J connectivity index is 1.92. The molecule has 0 saturated heterocycles. The first-order chi connectivity index (χ1) is 13.3. The second-order valence-corrected chi connectivity index (χ2v) is 7.05. The van der Waals surface area contributed by atoms with Crippen LogP contribution in [0, 0.1) is 6.92 Å². The first kappa shape index (κ1) is 19.6. The Kier molecular flexibility index (Phi) is 5.46. The zero-order chi connectivity index (χ0) is 20.3. The zero-order valence-corrected chi connectivity index (χ0v) is 16.1. The summed E-state index contributed by atoms with van der Waals surface area (Å²) in [5.74, 6) is -0.559.